The Kier molecular flexibility index (Phi) is 2.01. The van der Waals surface area contributed by atoms with Crippen LogP contribution in [-0.2, 0) is 0 Å². The van der Waals surface area contributed by atoms with E-state index in [0.717, 1.165) is 0 Å². The summed E-state index contributed by atoms with van der Waals surface area (Å²) in [5.74, 6) is -2.17. The van der Waals surface area contributed by atoms with E-state index >= 15 is 0 Å². The van der Waals surface area contributed by atoms with Crippen LogP contribution in [0.3, 0.4) is 0 Å². The fraction of sp³-hybridized carbons (Fsp3) is 0.143. The summed E-state index contributed by atoms with van der Waals surface area (Å²) >= 11 is 0. The van der Waals surface area contributed by atoms with E-state index in [-0.39, 0.29) is 21.9 Å². The van der Waals surface area contributed by atoms with E-state index in [1.54, 1.807) is 0 Å². The molecule has 0 atom stereocenters. The van der Waals surface area contributed by atoms with Crippen molar-refractivity contribution in [2.75, 3.05) is 7.11 Å². The zero-order valence-electron chi connectivity index (χ0n) is 7.96. The summed E-state index contributed by atoms with van der Waals surface area (Å²) in [6.45, 7) is 0. The number of imidazole rings is 1. The summed E-state index contributed by atoms with van der Waals surface area (Å²) in [6, 6.07) is -0.118. The lowest BCUT2D eigenvalue weighted by Gasteiger charge is -1.97. The van der Waals surface area contributed by atoms with E-state index in [1.807, 2.05) is 0 Å². The second-order valence-corrected chi connectivity index (χ2v) is 2.80. The molecule has 0 aromatic carbocycles. The third-order valence-electron chi connectivity index (χ3n) is 1.86. The molecule has 0 saturated carbocycles. The van der Waals surface area contributed by atoms with Gasteiger partial charge in [0.05, 0.1) is 7.11 Å². The van der Waals surface area contributed by atoms with Crippen LogP contribution >= 0.6 is 0 Å². The van der Waals surface area contributed by atoms with E-state index in [4.69, 9.17) is 5.11 Å². The van der Waals surface area contributed by atoms with Gasteiger partial charge in [-0.15, -0.1) is 0 Å². The highest BCUT2D eigenvalue weighted by Gasteiger charge is 2.20. The van der Waals surface area contributed by atoms with Crippen LogP contribution in [0.25, 0.3) is 11.2 Å². The van der Waals surface area contributed by atoms with E-state index in [1.165, 1.54) is 7.11 Å². The Morgan fingerprint density at radius 3 is 2.75 bits per heavy atom. The highest BCUT2D eigenvalue weighted by atomic mass is 16.5. The number of aromatic nitrogens is 4. The van der Waals surface area contributed by atoms with Crippen LogP contribution in [-0.4, -0.2) is 43.1 Å². The van der Waals surface area contributed by atoms with Gasteiger partial charge < -0.3 is 15.1 Å². The number of aromatic amines is 1. The molecule has 2 aromatic heterocycles. The molecule has 9 heteroatoms. The molecule has 0 fully saturated rings. The summed E-state index contributed by atoms with van der Waals surface area (Å²) in [5.41, 5.74) is -1.30. The van der Waals surface area contributed by atoms with Crippen molar-refractivity contribution >= 4 is 17.1 Å². The topological polar surface area (TPSA) is 130 Å². The van der Waals surface area contributed by atoms with Gasteiger partial charge in [-0.2, -0.15) is 14.7 Å². The van der Waals surface area contributed by atoms with Crippen molar-refractivity contribution < 1.29 is 19.8 Å². The normalized spacial score (nSPS) is 10.6. The van der Waals surface area contributed by atoms with Crippen molar-refractivity contribution in [2.45, 2.75) is 0 Å². The molecule has 3 N–H and O–H groups in total. The van der Waals surface area contributed by atoms with Crippen molar-refractivity contribution in [3.8, 4) is 6.01 Å². The molecule has 16 heavy (non-hydrogen) atoms. The first-order chi connectivity index (χ1) is 7.54. The van der Waals surface area contributed by atoms with E-state index in [2.05, 4.69) is 19.7 Å². The van der Waals surface area contributed by atoms with Gasteiger partial charge in [0, 0.05) is 0 Å². The summed E-state index contributed by atoms with van der Waals surface area (Å²) in [6.07, 6.45) is 0. The number of hydrogen-bond donors (Lipinski definition) is 3. The molecule has 0 spiro atoms. The molecule has 0 aliphatic rings. The lowest BCUT2D eigenvalue weighted by molar-refractivity contribution is 0.0639. The Hall–Kier alpha value is -2.58. The average Bonchev–Trinajstić information content (AvgIpc) is 2.56. The van der Waals surface area contributed by atoms with Gasteiger partial charge in [0.25, 0.3) is 17.4 Å². The zero-order valence-corrected chi connectivity index (χ0v) is 7.96. The molecule has 9 nitrogen and oxygen atoms in total. The molecule has 0 unspecified atom stereocenters. The Bertz CT molecular complexity index is 627. The third-order valence-corrected chi connectivity index (χ3v) is 1.86. The highest BCUT2D eigenvalue weighted by molar-refractivity contribution is 5.88. The van der Waals surface area contributed by atoms with Crippen LogP contribution < -0.4 is 10.3 Å². The molecule has 0 bridgehead atoms. The maximum absolute atomic E-state index is 11.4. The molecule has 2 heterocycles. The predicted octanol–water partition coefficient (Wildman–Crippen LogP) is -0.936. The first-order valence-electron chi connectivity index (χ1n) is 4.04. The van der Waals surface area contributed by atoms with Gasteiger partial charge in [-0.3, -0.25) is 9.78 Å². The number of fused-ring (bicyclic) bond motifs is 1. The third kappa shape index (κ3) is 1.26. The maximum Gasteiger partial charge on any atom is 0.375 e. The van der Waals surface area contributed by atoms with Crippen molar-refractivity contribution in [3.63, 3.8) is 0 Å². The SMILES string of the molecule is COc1nc2nc(C(=O)O)n(O)c2c(=O)[nH]1. The number of nitrogens with one attached hydrogen (secondary N) is 1. The zero-order chi connectivity index (χ0) is 11.9. The van der Waals surface area contributed by atoms with Gasteiger partial charge in [0.15, 0.2) is 11.2 Å². The standard InChI is InChI=1S/C7H6N4O5/c1-16-7-9-3-2(5(12)10-7)11(15)4(8-3)6(13)14/h15H,1H3,(H,13,14)(H,9,10,12). The Morgan fingerprint density at radius 2 is 2.19 bits per heavy atom. The number of methoxy groups -OCH3 is 1. The molecule has 0 aliphatic carbocycles. The van der Waals surface area contributed by atoms with Gasteiger partial charge in [-0.25, -0.2) is 4.79 Å². The van der Waals surface area contributed by atoms with Crippen molar-refractivity contribution in [3.05, 3.63) is 16.2 Å². The van der Waals surface area contributed by atoms with Crippen LogP contribution in [0.15, 0.2) is 4.79 Å². The van der Waals surface area contributed by atoms with Crippen molar-refractivity contribution in [2.24, 2.45) is 0 Å². The molecule has 0 amide bonds. The number of carboxylic acids is 1. The Labute approximate surface area is 86.9 Å². The molecule has 0 saturated heterocycles. The molecule has 2 aromatic rings. The van der Waals surface area contributed by atoms with Crippen LogP contribution in [0.5, 0.6) is 6.01 Å². The Balaban J connectivity index is 2.86. The predicted molar refractivity (Wildman–Crippen MR) is 48.8 cm³/mol. The lowest BCUT2D eigenvalue weighted by atomic mass is 10.5. The fourth-order valence-corrected chi connectivity index (χ4v) is 1.19. The number of rotatable bonds is 2. The summed E-state index contributed by atoms with van der Waals surface area (Å²) < 4.78 is 4.84. The van der Waals surface area contributed by atoms with Crippen molar-refractivity contribution in [1.82, 2.24) is 19.7 Å². The van der Waals surface area contributed by atoms with Gasteiger partial charge in [0.2, 0.25) is 0 Å². The number of ether oxygens (including phenoxy) is 1. The largest absolute Gasteiger partial charge is 0.475 e. The van der Waals surface area contributed by atoms with E-state index in [9.17, 15) is 14.8 Å². The molecule has 2 rings (SSSR count). The van der Waals surface area contributed by atoms with Gasteiger partial charge in [0.1, 0.15) is 0 Å². The monoisotopic (exact) mass is 226 g/mol. The molecule has 0 aliphatic heterocycles. The minimum absolute atomic E-state index is 0.118. The van der Waals surface area contributed by atoms with Crippen LogP contribution in [0.4, 0.5) is 0 Å². The van der Waals surface area contributed by atoms with E-state index < -0.39 is 17.4 Å². The van der Waals surface area contributed by atoms with Crippen LogP contribution in [0.2, 0.25) is 0 Å². The van der Waals surface area contributed by atoms with E-state index in [0.29, 0.717) is 0 Å². The molecule has 0 radical (unpaired) electrons. The van der Waals surface area contributed by atoms with Gasteiger partial charge >= 0.3 is 5.97 Å². The first kappa shape index (κ1) is 9.96. The number of carboxylic acid groups (broad SMARTS) is 1. The Morgan fingerprint density at radius 1 is 1.50 bits per heavy atom. The minimum Gasteiger partial charge on any atom is -0.475 e. The number of nitrogens with zero attached hydrogens (tertiary/aromatic N) is 3. The minimum atomic E-state index is -1.47. The van der Waals surface area contributed by atoms with Gasteiger partial charge in [-0.1, -0.05) is 0 Å². The molecule has 84 valence electrons. The molecular formula is C7H6N4O5. The van der Waals surface area contributed by atoms with Crippen molar-refractivity contribution in [1.29, 1.82) is 0 Å². The number of carbonyl (C=O) groups is 1. The smallest absolute Gasteiger partial charge is 0.375 e. The fourth-order valence-electron chi connectivity index (χ4n) is 1.19. The highest BCUT2D eigenvalue weighted by Crippen LogP contribution is 2.10. The lowest BCUT2D eigenvalue weighted by Crippen LogP contribution is -2.14. The summed E-state index contributed by atoms with van der Waals surface area (Å²) in [4.78, 5) is 31.4. The summed E-state index contributed by atoms with van der Waals surface area (Å²) in [5, 5.41) is 18.0. The quantitative estimate of drug-likeness (QED) is 0.563. The first-order valence-corrected chi connectivity index (χ1v) is 4.04. The number of aromatic carboxylic acids is 1. The second-order valence-electron chi connectivity index (χ2n) is 2.80. The average molecular weight is 226 g/mol. The molecular weight excluding hydrogens is 220 g/mol. The van der Waals surface area contributed by atoms with Crippen LogP contribution in [0, 0.1) is 0 Å². The van der Waals surface area contributed by atoms with Gasteiger partial charge in [-0.05, 0) is 0 Å². The summed E-state index contributed by atoms with van der Waals surface area (Å²) in [7, 11) is 1.28. The van der Waals surface area contributed by atoms with Crippen LogP contribution in [0.1, 0.15) is 10.6 Å². The number of H-pyrrole nitrogens is 1. The maximum atomic E-state index is 11.4. The second kappa shape index (κ2) is 3.22. The number of hydrogen-bond acceptors (Lipinski definition) is 6.